The van der Waals surface area contributed by atoms with Gasteiger partial charge in [0.2, 0.25) is 0 Å². The Morgan fingerprint density at radius 2 is 1.90 bits per heavy atom. The van der Waals surface area contributed by atoms with E-state index in [9.17, 15) is 4.79 Å². The maximum atomic E-state index is 11.8. The highest BCUT2D eigenvalue weighted by molar-refractivity contribution is 14.0. The summed E-state index contributed by atoms with van der Waals surface area (Å²) in [5.41, 5.74) is 1.78. The van der Waals surface area contributed by atoms with Gasteiger partial charge in [-0.25, -0.2) is 0 Å². The average Bonchev–Trinajstić information content (AvgIpc) is 3.30. The van der Waals surface area contributed by atoms with Gasteiger partial charge in [0.15, 0.2) is 5.96 Å². The van der Waals surface area contributed by atoms with Crippen LogP contribution in [0.2, 0.25) is 0 Å². The van der Waals surface area contributed by atoms with Crippen molar-refractivity contribution in [3.63, 3.8) is 0 Å². The highest BCUT2D eigenvalue weighted by atomic mass is 127. The molecule has 1 amide bonds. The van der Waals surface area contributed by atoms with Gasteiger partial charge in [-0.1, -0.05) is 26.0 Å². The molecule has 1 unspecified atom stereocenters. The molecule has 0 aliphatic rings. The second kappa shape index (κ2) is 14.9. The maximum absolute atomic E-state index is 11.8. The van der Waals surface area contributed by atoms with Gasteiger partial charge in [-0.05, 0) is 56.3 Å². The van der Waals surface area contributed by atoms with Crippen LogP contribution in [0.3, 0.4) is 0 Å². The van der Waals surface area contributed by atoms with Crippen molar-refractivity contribution in [2.75, 3.05) is 39.8 Å². The fourth-order valence-electron chi connectivity index (χ4n) is 3.39. The van der Waals surface area contributed by atoms with Gasteiger partial charge < -0.3 is 20.4 Å². The summed E-state index contributed by atoms with van der Waals surface area (Å²) in [4.78, 5) is 19.0. The molecule has 1 atom stereocenters. The number of guanidine groups is 1. The molecule has 8 heteroatoms. The topological polar surface area (TPSA) is 81.9 Å². The Morgan fingerprint density at radius 3 is 2.52 bits per heavy atom. The van der Waals surface area contributed by atoms with E-state index < -0.39 is 0 Å². The molecule has 0 fully saturated rings. The van der Waals surface area contributed by atoms with Gasteiger partial charge in [-0.2, -0.15) is 0 Å². The van der Waals surface area contributed by atoms with Crippen molar-refractivity contribution in [3.05, 3.63) is 59.5 Å². The van der Waals surface area contributed by atoms with Crippen molar-refractivity contribution >= 4 is 35.8 Å². The van der Waals surface area contributed by atoms with Crippen molar-refractivity contribution in [1.82, 2.24) is 20.9 Å². The molecule has 0 radical (unpaired) electrons. The molecule has 0 bridgehead atoms. The lowest BCUT2D eigenvalue weighted by molar-refractivity contribution is 0.0963. The highest BCUT2D eigenvalue weighted by Crippen LogP contribution is 2.21. The van der Waals surface area contributed by atoms with Crippen molar-refractivity contribution in [2.24, 2.45) is 4.99 Å². The van der Waals surface area contributed by atoms with E-state index in [0.717, 1.165) is 49.9 Å². The summed E-state index contributed by atoms with van der Waals surface area (Å²) in [6.45, 7) is 10.3. The van der Waals surface area contributed by atoms with Gasteiger partial charge in [0.05, 0.1) is 18.8 Å². The summed E-state index contributed by atoms with van der Waals surface area (Å²) in [5.74, 6) is 1.65. The molecule has 0 aliphatic carbocycles. The Hall–Kier alpha value is -2.07. The van der Waals surface area contributed by atoms with E-state index in [-0.39, 0.29) is 35.9 Å². The first kappa shape index (κ1) is 27.0. The molecule has 3 N–H and O–H groups in total. The Balaban J connectivity index is 0.00000480. The number of aliphatic imine (C=N–C) groups is 1. The van der Waals surface area contributed by atoms with Crippen molar-refractivity contribution in [3.8, 4) is 0 Å². The van der Waals surface area contributed by atoms with Gasteiger partial charge in [0, 0.05) is 25.7 Å². The molecular formula is C23H36IN5O2. The van der Waals surface area contributed by atoms with Crippen LogP contribution in [0.4, 0.5) is 0 Å². The number of rotatable bonds is 11. The first-order valence-corrected chi connectivity index (χ1v) is 10.7. The van der Waals surface area contributed by atoms with E-state index in [1.165, 1.54) is 0 Å². The number of benzene rings is 1. The normalized spacial score (nSPS) is 12.2. The molecule has 2 aromatic rings. The molecule has 31 heavy (non-hydrogen) atoms. The first-order valence-electron chi connectivity index (χ1n) is 10.7. The van der Waals surface area contributed by atoms with E-state index in [0.29, 0.717) is 12.1 Å². The molecular weight excluding hydrogens is 505 g/mol. The van der Waals surface area contributed by atoms with Gasteiger partial charge >= 0.3 is 0 Å². The molecule has 1 aromatic heterocycles. The number of nitrogens with one attached hydrogen (secondary N) is 3. The highest BCUT2D eigenvalue weighted by Gasteiger charge is 2.20. The number of nitrogens with zero attached hydrogens (tertiary/aromatic N) is 2. The summed E-state index contributed by atoms with van der Waals surface area (Å²) < 4.78 is 5.67. The maximum Gasteiger partial charge on any atom is 0.251 e. The number of likely N-dealkylation sites (N-methyl/N-ethyl adjacent to an activating group) is 1. The largest absolute Gasteiger partial charge is 0.468 e. The number of halogens is 1. The second-order valence-electron chi connectivity index (χ2n) is 6.93. The lowest BCUT2D eigenvalue weighted by atomic mass is 10.1. The Kier molecular flexibility index (Phi) is 12.9. The third kappa shape index (κ3) is 8.53. The number of hydrogen-bond acceptors (Lipinski definition) is 4. The summed E-state index contributed by atoms with van der Waals surface area (Å²) >= 11 is 0. The molecule has 0 saturated heterocycles. The van der Waals surface area contributed by atoms with Crippen LogP contribution in [-0.2, 0) is 6.42 Å². The Bertz CT molecular complexity index is 791. The van der Waals surface area contributed by atoms with Crippen LogP contribution >= 0.6 is 24.0 Å². The lowest BCUT2D eigenvalue weighted by Crippen LogP contribution is -2.39. The molecule has 1 aromatic carbocycles. The fraction of sp³-hybridized carbons (Fsp3) is 0.478. The second-order valence-corrected chi connectivity index (χ2v) is 6.93. The molecule has 172 valence electrons. The summed E-state index contributed by atoms with van der Waals surface area (Å²) in [6.07, 6.45) is 2.51. The predicted octanol–water partition coefficient (Wildman–Crippen LogP) is 3.44. The molecule has 2 rings (SSSR count). The summed E-state index contributed by atoms with van der Waals surface area (Å²) in [6, 6.07) is 11.7. The van der Waals surface area contributed by atoms with E-state index in [1.807, 2.05) is 36.4 Å². The lowest BCUT2D eigenvalue weighted by Gasteiger charge is -2.27. The SMILES string of the molecule is CCNC(=NCC(c1ccco1)N(CC)CC)NCCc1cccc(C(=O)NC)c1.I. The van der Waals surface area contributed by atoms with E-state index in [4.69, 9.17) is 9.41 Å². The fourth-order valence-corrected chi connectivity index (χ4v) is 3.39. The minimum Gasteiger partial charge on any atom is -0.468 e. The van der Waals surface area contributed by atoms with Crippen LogP contribution in [0.5, 0.6) is 0 Å². The van der Waals surface area contributed by atoms with Crippen molar-refractivity contribution in [2.45, 2.75) is 33.2 Å². The zero-order chi connectivity index (χ0) is 21.8. The Morgan fingerprint density at radius 1 is 1.13 bits per heavy atom. The van der Waals surface area contributed by atoms with Gasteiger partial charge in [0.1, 0.15) is 5.76 Å². The number of carbonyl (C=O) groups is 1. The molecule has 0 spiro atoms. The van der Waals surface area contributed by atoms with E-state index >= 15 is 0 Å². The van der Waals surface area contributed by atoms with Gasteiger partial charge in [0.25, 0.3) is 5.91 Å². The zero-order valence-corrected chi connectivity index (χ0v) is 21.3. The van der Waals surface area contributed by atoms with Crippen LogP contribution in [0, 0.1) is 0 Å². The third-order valence-corrected chi connectivity index (χ3v) is 5.01. The number of hydrogen-bond donors (Lipinski definition) is 3. The van der Waals surface area contributed by atoms with Crippen molar-refractivity contribution < 1.29 is 9.21 Å². The van der Waals surface area contributed by atoms with E-state index in [2.05, 4.69) is 41.6 Å². The molecule has 7 nitrogen and oxygen atoms in total. The van der Waals surface area contributed by atoms with Crippen molar-refractivity contribution in [1.29, 1.82) is 0 Å². The number of carbonyl (C=O) groups excluding carboxylic acids is 1. The van der Waals surface area contributed by atoms with Gasteiger partial charge in [-0.3, -0.25) is 14.7 Å². The van der Waals surface area contributed by atoms with E-state index in [1.54, 1.807) is 13.3 Å². The molecule has 0 saturated carbocycles. The quantitative estimate of drug-likeness (QED) is 0.231. The van der Waals surface area contributed by atoms with Crippen LogP contribution in [0.25, 0.3) is 0 Å². The van der Waals surface area contributed by atoms with Crippen LogP contribution in [0.15, 0.2) is 52.1 Å². The standard InChI is InChI=1S/C23H35N5O2.HI/c1-5-25-23(26-14-13-18-10-8-11-19(16-18)22(29)24-4)27-17-20(28(6-2)7-3)21-12-9-15-30-21;/h8-12,15-16,20H,5-7,13-14,17H2,1-4H3,(H,24,29)(H2,25,26,27);1H. The monoisotopic (exact) mass is 541 g/mol. The predicted molar refractivity (Wildman–Crippen MR) is 137 cm³/mol. The number of furan rings is 1. The molecule has 1 heterocycles. The van der Waals surface area contributed by atoms with Crippen LogP contribution in [0.1, 0.15) is 48.5 Å². The Labute approximate surface area is 203 Å². The number of amides is 1. The third-order valence-electron chi connectivity index (χ3n) is 5.01. The van der Waals surface area contributed by atoms with Crippen LogP contribution in [-0.4, -0.2) is 56.5 Å². The minimum absolute atomic E-state index is 0. The first-order chi connectivity index (χ1) is 14.6. The smallest absolute Gasteiger partial charge is 0.251 e. The zero-order valence-electron chi connectivity index (χ0n) is 19.0. The average molecular weight is 541 g/mol. The molecule has 0 aliphatic heterocycles. The van der Waals surface area contributed by atoms with Gasteiger partial charge in [-0.15, -0.1) is 24.0 Å². The summed E-state index contributed by atoms with van der Waals surface area (Å²) in [7, 11) is 1.64. The minimum atomic E-state index is -0.0694. The summed E-state index contributed by atoms with van der Waals surface area (Å²) in [5, 5.41) is 9.37. The van der Waals surface area contributed by atoms with Crippen LogP contribution < -0.4 is 16.0 Å².